The molecule has 2 aliphatic rings. The molecule has 0 aromatic heterocycles. The number of halogens is 3. The average Bonchev–Trinajstić information content (AvgIpc) is 2.46. The van der Waals surface area contributed by atoms with Gasteiger partial charge in [0, 0.05) is 6.04 Å². The smallest absolute Gasteiger partial charge is 0.416 e. The molecule has 110 valence electrons. The van der Waals surface area contributed by atoms with Crippen molar-refractivity contribution in [2.75, 3.05) is 19.8 Å². The van der Waals surface area contributed by atoms with Gasteiger partial charge in [0.1, 0.15) is 13.2 Å². The molecule has 1 aromatic carbocycles. The van der Waals surface area contributed by atoms with Crippen molar-refractivity contribution in [1.82, 2.24) is 5.32 Å². The van der Waals surface area contributed by atoms with Crippen LogP contribution in [-0.2, 0) is 6.18 Å². The number of piperidine rings is 1. The first kappa shape index (κ1) is 13.5. The minimum atomic E-state index is -4.38. The minimum Gasteiger partial charge on any atom is -0.486 e. The molecule has 0 amide bonds. The third-order valence-electron chi connectivity index (χ3n) is 3.71. The highest BCUT2D eigenvalue weighted by Crippen LogP contribution is 2.43. The van der Waals surface area contributed by atoms with Crippen LogP contribution in [0.3, 0.4) is 0 Å². The number of hydrogen-bond acceptors (Lipinski definition) is 3. The van der Waals surface area contributed by atoms with Crippen molar-refractivity contribution in [2.45, 2.75) is 31.5 Å². The van der Waals surface area contributed by atoms with Crippen molar-refractivity contribution in [3.8, 4) is 11.5 Å². The number of ether oxygens (including phenoxy) is 2. The summed E-state index contributed by atoms with van der Waals surface area (Å²) in [6, 6.07) is 2.29. The number of fused-ring (bicyclic) bond motifs is 1. The van der Waals surface area contributed by atoms with Crippen molar-refractivity contribution in [3.63, 3.8) is 0 Å². The third kappa shape index (κ3) is 2.57. The summed E-state index contributed by atoms with van der Waals surface area (Å²) in [5, 5.41) is 3.16. The summed E-state index contributed by atoms with van der Waals surface area (Å²) in [4.78, 5) is 0. The van der Waals surface area contributed by atoms with Gasteiger partial charge >= 0.3 is 6.18 Å². The molecule has 0 bridgehead atoms. The van der Waals surface area contributed by atoms with E-state index in [0.29, 0.717) is 18.8 Å². The Morgan fingerprint density at radius 3 is 2.35 bits per heavy atom. The second kappa shape index (κ2) is 5.16. The molecule has 1 saturated heterocycles. The molecular weight excluding hydrogens is 271 g/mol. The lowest BCUT2D eigenvalue weighted by molar-refractivity contribution is -0.138. The normalized spacial score (nSPS) is 22.6. The van der Waals surface area contributed by atoms with Gasteiger partial charge in [-0.3, -0.25) is 0 Å². The molecule has 1 fully saturated rings. The Hall–Kier alpha value is -1.43. The minimum absolute atomic E-state index is 0.183. The van der Waals surface area contributed by atoms with E-state index in [0.717, 1.165) is 25.5 Å². The molecular formula is C14H16F3NO2. The number of hydrogen-bond donors (Lipinski definition) is 1. The Balaban J connectivity index is 2.05. The monoisotopic (exact) mass is 287 g/mol. The van der Waals surface area contributed by atoms with Crippen LogP contribution in [0.5, 0.6) is 11.5 Å². The number of benzene rings is 1. The van der Waals surface area contributed by atoms with Crippen molar-refractivity contribution in [3.05, 3.63) is 23.3 Å². The second-order valence-electron chi connectivity index (χ2n) is 5.08. The fourth-order valence-corrected chi connectivity index (χ4v) is 2.76. The van der Waals surface area contributed by atoms with E-state index >= 15 is 0 Å². The Labute approximate surface area is 115 Å². The molecule has 2 heterocycles. The van der Waals surface area contributed by atoms with E-state index in [2.05, 4.69) is 5.32 Å². The van der Waals surface area contributed by atoms with Crippen LogP contribution < -0.4 is 14.8 Å². The van der Waals surface area contributed by atoms with Gasteiger partial charge in [-0.2, -0.15) is 13.2 Å². The largest absolute Gasteiger partial charge is 0.486 e. The number of nitrogens with one attached hydrogen (secondary N) is 1. The van der Waals surface area contributed by atoms with Gasteiger partial charge in [0.05, 0.1) is 5.56 Å². The lowest BCUT2D eigenvalue weighted by atomic mass is 9.92. The summed E-state index contributed by atoms with van der Waals surface area (Å²) in [5.41, 5.74) is -0.359. The second-order valence-corrected chi connectivity index (χ2v) is 5.08. The van der Waals surface area contributed by atoms with Crippen LogP contribution in [0, 0.1) is 0 Å². The van der Waals surface area contributed by atoms with E-state index in [-0.39, 0.29) is 24.0 Å². The first-order valence-corrected chi connectivity index (χ1v) is 6.80. The Kier molecular flexibility index (Phi) is 3.50. The van der Waals surface area contributed by atoms with E-state index in [9.17, 15) is 13.2 Å². The summed E-state index contributed by atoms with van der Waals surface area (Å²) in [7, 11) is 0. The zero-order chi connectivity index (χ0) is 14.2. The summed E-state index contributed by atoms with van der Waals surface area (Å²) < 4.78 is 50.4. The number of alkyl halides is 3. The van der Waals surface area contributed by atoms with Crippen LogP contribution in [0.4, 0.5) is 13.2 Å². The highest BCUT2D eigenvalue weighted by molar-refractivity contribution is 5.50. The van der Waals surface area contributed by atoms with Gasteiger partial charge in [-0.15, -0.1) is 0 Å². The first-order chi connectivity index (χ1) is 9.55. The summed E-state index contributed by atoms with van der Waals surface area (Å²) in [6.45, 7) is 1.40. The van der Waals surface area contributed by atoms with Crippen LogP contribution >= 0.6 is 0 Å². The Bertz CT molecular complexity index is 496. The third-order valence-corrected chi connectivity index (χ3v) is 3.71. The van der Waals surface area contributed by atoms with Gasteiger partial charge in [0.25, 0.3) is 0 Å². The van der Waals surface area contributed by atoms with E-state index in [4.69, 9.17) is 9.47 Å². The summed E-state index contributed by atoms with van der Waals surface area (Å²) >= 11 is 0. The first-order valence-electron chi connectivity index (χ1n) is 6.80. The lowest BCUT2D eigenvalue weighted by Crippen LogP contribution is -2.29. The molecule has 20 heavy (non-hydrogen) atoms. The van der Waals surface area contributed by atoms with E-state index in [1.165, 1.54) is 6.07 Å². The van der Waals surface area contributed by atoms with Gasteiger partial charge in [-0.1, -0.05) is 6.42 Å². The molecule has 0 radical (unpaired) electrons. The molecule has 1 aromatic rings. The molecule has 3 nitrogen and oxygen atoms in total. The van der Waals surface area contributed by atoms with E-state index < -0.39 is 11.7 Å². The van der Waals surface area contributed by atoms with Crippen LogP contribution in [0.15, 0.2) is 12.1 Å². The number of rotatable bonds is 1. The Morgan fingerprint density at radius 1 is 1.05 bits per heavy atom. The van der Waals surface area contributed by atoms with E-state index in [1.54, 1.807) is 0 Å². The van der Waals surface area contributed by atoms with Crippen LogP contribution in [0.2, 0.25) is 0 Å². The molecule has 6 heteroatoms. The molecule has 0 spiro atoms. The van der Waals surface area contributed by atoms with Gasteiger partial charge in [0.2, 0.25) is 0 Å². The molecule has 3 rings (SSSR count). The quantitative estimate of drug-likeness (QED) is 0.859. The van der Waals surface area contributed by atoms with Crippen LogP contribution in [0.25, 0.3) is 0 Å². The van der Waals surface area contributed by atoms with Crippen molar-refractivity contribution in [2.24, 2.45) is 0 Å². The van der Waals surface area contributed by atoms with E-state index in [1.807, 2.05) is 0 Å². The van der Waals surface area contributed by atoms with Gasteiger partial charge < -0.3 is 14.8 Å². The summed E-state index contributed by atoms with van der Waals surface area (Å²) in [6.07, 6.45) is -1.74. The standard InChI is InChI=1S/C14H16F3NO2/c15-14(16,17)10-8-13-12(19-5-6-20-13)7-9(10)11-3-1-2-4-18-11/h7-8,11,18H,1-6H2. The van der Waals surface area contributed by atoms with Crippen molar-refractivity contribution in [1.29, 1.82) is 0 Å². The maximum absolute atomic E-state index is 13.2. The highest BCUT2D eigenvalue weighted by atomic mass is 19.4. The predicted octanol–water partition coefficient (Wildman–Crippen LogP) is 3.29. The highest BCUT2D eigenvalue weighted by Gasteiger charge is 2.37. The molecule has 0 saturated carbocycles. The predicted molar refractivity (Wildman–Crippen MR) is 67.0 cm³/mol. The topological polar surface area (TPSA) is 30.5 Å². The van der Waals surface area contributed by atoms with Crippen LogP contribution in [0.1, 0.15) is 36.4 Å². The van der Waals surface area contributed by atoms with Crippen molar-refractivity contribution >= 4 is 0 Å². The van der Waals surface area contributed by atoms with Crippen molar-refractivity contribution < 1.29 is 22.6 Å². The van der Waals surface area contributed by atoms with Gasteiger partial charge in [-0.05, 0) is 37.1 Å². The molecule has 1 atom stereocenters. The van der Waals surface area contributed by atoms with Gasteiger partial charge in [-0.25, -0.2) is 0 Å². The Morgan fingerprint density at radius 2 is 1.75 bits per heavy atom. The zero-order valence-corrected chi connectivity index (χ0v) is 10.9. The fourth-order valence-electron chi connectivity index (χ4n) is 2.76. The summed E-state index contributed by atoms with van der Waals surface area (Å²) in [5.74, 6) is 0.592. The van der Waals surface area contributed by atoms with Gasteiger partial charge in [0.15, 0.2) is 11.5 Å². The van der Waals surface area contributed by atoms with Crippen LogP contribution in [-0.4, -0.2) is 19.8 Å². The SMILES string of the molecule is FC(F)(F)c1cc2c(cc1C1CCCCN1)OCCO2. The molecule has 1 unspecified atom stereocenters. The molecule has 1 N–H and O–H groups in total. The fraction of sp³-hybridized carbons (Fsp3) is 0.571. The maximum atomic E-state index is 13.2. The zero-order valence-electron chi connectivity index (χ0n) is 10.9. The maximum Gasteiger partial charge on any atom is 0.416 e. The molecule has 0 aliphatic carbocycles. The lowest BCUT2D eigenvalue weighted by Gasteiger charge is -2.28. The molecule has 2 aliphatic heterocycles. The average molecular weight is 287 g/mol.